The molecule has 3 rings (SSSR count). The lowest BCUT2D eigenvalue weighted by atomic mass is 10.1. The molecule has 1 saturated heterocycles. The maximum atomic E-state index is 12.3. The Balaban J connectivity index is 1.56. The molecule has 0 spiro atoms. The summed E-state index contributed by atoms with van der Waals surface area (Å²) in [6.45, 7) is 1.70. The topological polar surface area (TPSA) is 60.2 Å². The van der Waals surface area contributed by atoms with Crippen molar-refractivity contribution in [1.82, 2.24) is 19.7 Å². The van der Waals surface area contributed by atoms with Crippen LogP contribution in [0.5, 0.6) is 5.75 Å². The number of hydrogen-bond donors (Lipinski definition) is 0. The Bertz CT molecular complexity index is 571. The molecule has 0 radical (unpaired) electrons. The molecular formula is C15H18N4O2. The second kappa shape index (κ2) is 6.39. The van der Waals surface area contributed by atoms with Crippen LogP contribution >= 0.6 is 0 Å². The molecule has 6 heteroatoms. The first kappa shape index (κ1) is 13.6. The molecule has 110 valence electrons. The molecule has 1 fully saturated rings. The summed E-state index contributed by atoms with van der Waals surface area (Å²) in [5.41, 5.74) is 0. The minimum absolute atomic E-state index is 0.0442. The molecule has 3 heterocycles. The van der Waals surface area contributed by atoms with Crippen LogP contribution in [0.25, 0.3) is 0 Å². The third-order valence-corrected chi connectivity index (χ3v) is 3.54. The molecule has 1 aliphatic rings. The van der Waals surface area contributed by atoms with Crippen molar-refractivity contribution in [3.8, 4) is 5.75 Å². The van der Waals surface area contributed by atoms with Gasteiger partial charge in [0.1, 0.15) is 18.4 Å². The van der Waals surface area contributed by atoms with Gasteiger partial charge in [0.05, 0.1) is 6.54 Å². The van der Waals surface area contributed by atoms with E-state index in [1.165, 1.54) is 0 Å². The van der Waals surface area contributed by atoms with E-state index < -0.39 is 0 Å². The van der Waals surface area contributed by atoms with Crippen LogP contribution in [0.4, 0.5) is 0 Å². The Morgan fingerprint density at radius 1 is 1.33 bits per heavy atom. The summed E-state index contributed by atoms with van der Waals surface area (Å²) >= 11 is 0. The van der Waals surface area contributed by atoms with E-state index in [0.717, 1.165) is 25.1 Å². The van der Waals surface area contributed by atoms with E-state index in [-0.39, 0.29) is 18.6 Å². The fourth-order valence-electron chi connectivity index (χ4n) is 2.50. The third-order valence-electron chi connectivity index (χ3n) is 3.54. The normalized spacial score (nSPS) is 18.5. The summed E-state index contributed by atoms with van der Waals surface area (Å²) in [5, 5.41) is 4.07. The molecule has 0 bridgehead atoms. The number of aromatic nitrogens is 3. The summed E-state index contributed by atoms with van der Waals surface area (Å²) in [6.07, 6.45) is 8.86. The molecule has 0 unspecified atom stereocenters. The first-order valence-corrected chi connectivity index (χ1v) is 7.13. The van der Waals surface area contributed by atoms with Crippen LogP contribution < -0.4 is 4.74 Å². The molecule has 2 aromatic heterocycles. The average Bonchev–Trinajstić information content (AvgIpc) is 3.01. The van der Waals surface area contributed by atoms with Gasteiger partial charge in [-0.3, -0.25) is 14.5 Å². The number of nitrogens with zero attached hydrogens (tertiary/aromatic N) is 4. The third kappa shape index (κ3) is 3.59. The van der Waals surface area contributed by atoms with E-state index in [1.807, 2.05) is 23.1 Å². The minimum Gasteiger partial charge on any atom is -0.488 e. The number of rotatable bonds is 4. The monoisotopic (exact) mass is 286 g/mol. The zero-order valence-electron chi connectivity index (χ0n) is 11.8. The predicted molar refractivity (Wildman–Crippen MR) is 76.7 cm³/mol. The molecule has 0 aromatic carbocycles. The first-order chi connectivity index (χ1) is 10.3. The van der Waals surface area contributed by atoms with Gasteiger partial charge in [-0.05, 0) is 31.0 Å². The van der Waals surface area contributed by atoms with Gasteiger partial charge in [-0.1, -0.05) is 0 Å². The molecule has 1 atom stereocenters. The molecule has 0 N–H and O–H groups in total. The van der Waals surface area contributed by atoms with E-state index in [9.17, 15) is 4.79 Å². The van der Waals surface area contributed by atoms with Crippen LogP contribution in [0.1, 0.15) is 12.8 Å². The molecule has 6 nitrogen and oxygen atoms in total. The first-order valence-electron chi connectivity index (χ1n) is 7.13. The van der Waals surface area contributed by atoms with Gasteiger partial charge in [0.25, 0.3) is 0 Å². The van der Waals surface area contributed by atoms with Crippen molar-refractivity contribution in [3.63, 3.8) is 0 Å². The molecule has 1 aliphatic heterocycles. The smallest absolute Gasteiger partial charge is 0.244 e. The Labute approximate surface area is 123 Å². The van der Waals surface area contributed by atoms with Crippen molar-refractivity contribution < 1.29 is 9.53 Å². The Kier molecular flexibility index (Phi) is 4.14. The van der Waals surface area contributed by atoms with Gasteiger partial charge in [0, 0.05) is 31.3 Å². The van der Waals surface area contributed by atoms with Crippen LogP contribution in [0, 0.1) is 0 Å². The predicted octanol–water partition coefficient (Wildman–Crippen LogP) is 1.35. The van der Waals surface area contributed by atoms with Crippen molar-refractivity contribution >= 4 is 5.91 Å². The number of piperidine rings is 1. The zero-order chi connectivity index (χ0) is 14.5. The maximum Gasteiger partial charge on any atom is 0.244 e. The van der Waals surface area contributed by atoms with Crippen molar-refractivity contribution in [2.75, 3.05) is 13.1 Å². The second-order valence-electron chi connectivity index (χ2n) is 5.11. The lowest BCUT2D eigenvalue weighted by Gasteiger charge is -2.32. The molecule has 21 heavy (non-hydrogen) atoms. The van der Waals surface area contributed by atoms with Crippen molar-refractivity contribution in [1.29, 1.82) is 0 Å². The highest BCUT2D eigenvalue weighted by Crippen LogP contribution is 2.17. The fourth-order valence-corrected chi connectivity index (χ4v) is 2.50. The number of carbonyl (C=O) groups is 1. The van der Waals surface area contributed by atoms with Gasteiger partial charge in [0.2, 0.25) is 5.91 Å². The summed E-state index contributed by atoms with van der Waals surface area (Å²) < 4.78 is 7.56. The van der Waals surface area contributed by atoms with E-state index in [0.29, 0.717) is 6.54 Å². The molecule has 0 saturated carbocycles. The molecule has 2 aromatic rings. The largest absolute Gasteiger partial charge is 0.488 e. The van der Waals surface area contributed by atoms with E-state index in [1.54, 1.807) is 29.5 Å². The van der Waals surface area contributed by atoms with Crippen molar-refractivity contribution in [3.05, 3.63) is 43.0 Å². The molecule has 1 amide bonds. The van der Waals surface area contributed by atoms with E-state index in [2.05, 4.69) is 10.1 Å². The number of ether oxygens (including phenoxy) is 1. The van der Waals surface area contributed by atoms with Crippen LogP contribution in [-0.4, -0.2) is 44.8 Å². The summed E-state index contributed by atoms with van der Waals surface area (Å²) in [6, 6.07) is 5.49. The van der Waals surface area contributed by atoms with Crippen molar-refractivity contribution in [2.45, 2.75) is 25.5 Å². The average molecular weight is 286 g/mol. The van der Waals surface area contributed by atoms with Gasteiger partial charge < -0.3 is 9.64 Å². The summed E-state index contributed by atoms with van der Waals surface area (Å²) in [7, 11) is 0. The number of pyridine rings is 1. The van der Waals surface area contributed by atoms with E-state index in [4.69, 9.17) is 4.74 Å². The van der Waals surface area contributed by atoms with Crippen LogP contribution in [0.2, 0.25) is 0 Å². The van der Waals surface area contributed by atoms with Crippen LogP contribution in [0.15, 0.2) is 43.0 Å². The van der Waals surface area contributed by atoms with Gasteiger partial charge >= 0.3 is 0 Å². The lowest BCUT2D eigenvalue weighted by Crippen LogP contribution is -2.45. The highest BCUT2D eigenvalue weighted by molar-refractivity contribution is 5.76. The SMILES string of the molecule is O=C(Cn1cccn1)N1CCC[C@@H](Oc2ccncc2)C1. The highest BCUT2D eigenvalue weighted by atomic mass is 16.5. The van der Waals surface area contributed by atoms with Gasteiger partial charge in [0.15, 0.2) is 0 Å². The van der Waals surface area contributed by atoms with Crippen LogP contribution in [-0.2, 0) is 11.3 Å². The van der Waals surface area contributed by atoms with E-state index >= 15 is 0 Å². The number of carbonyl (C=O) groups excluding carboxylic acids is 1. The van der Waals surface area contributed by atoms with Gasteiger partial charge in [-0.2, -0.15) is 5.10 Å². The number of likely N-dealkylation sites (tertiary alicyclic amines) is 1. The number of amides is 1. The van der Waals surface area contributed by atoms with Gasteiger partial charge in [-0.15, -0.1) is 0 Å². The summed E-state index contributed by atoms with van der Waals surface area (Å²) in [4.78, 5) is 18.1. The quantitative estimate of drug-likeness (QED) is 0.851. The minimum atomic E-state index is 0.0442. The maximum absolute atomic E-state index is 12.3. The highest BCUT2D eigenvalue weighted by Gasteiger charge is 2.25. The Morgan fingerprint density at radius 3 is 2.95 bits per heavy atom. The number of hydrogen-bond acceptors (Lipinski definition) is 4. The standard InChI is InChI=1S/C15H18N4O2/c20-15(12-19-10-2-6-17-19)18-9-1-3-14(11-18)21-13-4-7-16-8-5-13/h2,4-8,10,14H,1,3,9,11-12H2/t14-/m1/s1. The van der Waals surface area contributed by atoms with Crippen LogP contribution in [0.3, 0.4) is 0 Å². The fraction of sp³-hybridized carbons (Fsp3) is 0.400. The molecule has 0 aliphatic carbocycles. The van der Waals surface area contributed by atoms with Crippen molar-refractivity contribution in [2.24, 2.45) is 0 Å². The summed E-state index contributed by atoms with van der Waals surface area (Å²) in [5.74, 6) is 0.887. The molecular weight excluding hydrogens is 268 g/mol. The van der Waals surface area contributed by atoms with Gasteiger partial charge in [-0.25, -0.2) is 0 Å². The zero-order valence-corrected chi connectivity index (χ0v) is 11.8. The lowest BCUT2D eigenvalue weighted by molar-refractivity contribution is -0.134. The Hall–Kier alpha value is -2.37. The second-order valence-corrected chi connectivity index (χ2v) is 5.11. The Morgan fingerprint density at radius 2 is 2.19 bits per heavy atom.